The highest BCUT2D eigenvalue weighted by Crippen LogP contribution is 2.52. The highest BCUT2D eigenvalue weighted by Gasteiger charge is 2.31. The zero-order valence-corrected chi connectivity index (χ0v) is 39.6. The van der Waals surface area contributed by atoms with Crippen molar-refractivity contribution in [3.63, 3.8) is 0 Å². The highest BCUT2D eigenvalue weighted by molar-refractivity contribution is 6.17. The molecule has 8 aromatic carbocycles. The van der Waals surface area contributed by atoms with Crippen molar-refractivity contribution in [2.24, 2.45) is 0 Å². The minimum absolute atomic E-state index is 0.0158. The van der Waals surface area contributed by atoms with Gasteiger partial charge in [-0.05, 0) is 60.7 Å². The summed E-state index contributed by atoms with van der Waals surface area (Å²) in [7, 11) is 0. The Balaban J connectivity index is 0.000000196. The lowest BCUT2D eigenvalue weighted by Crippen LogP contribution is -2.03. The van der Waals surface area contributed by atoms with E-state index < -0.39 is 194 Å². The first-order valence-electron chi connectivity index (χ1n) is 21.5. The predicted molar refractivity (Wildman–Crippen MR) is 265 cm³/mol. The van der Waals surface area contributed by atoms with Crippen LogP contribution < -0.4 is 0 Å². The third-order valence-corrected chi connectivity index (χ3v) is 10.9. The Morgan fingerprint density at radius 1 is 0.212 bits per heavy atom. The molecule has 0 aliphatic carbocycles. The first-order chi connectivity index (χ1) is 37.4. The number of carbonyl (C=O) groups is 4. The fraction of sp³-hybridized carbons (Fsp3) is 0. The molecule has 0 bridgehead atoms. The normalized spacial score (nSPS) is 10.4. The van der Waals surface area contributed by atoms with Gasteiger partial charge in [-0.25, -0.2) is 0 Å². The number of aromatic hydroxyl groups is 24. The first-order valence-corrected chi connectivity index (χ1v) is 21.5. The second-order valence-electron chi connectivity index (χ2n) is 16.0. The van der Waals surface area contributed by atoms with Crippen molar-refractivity contribution in [2.75, 3.05) is 0 Å². The lowest BCUT2D eigenvalue weighted by Gasteiger charge is -2.11. The molecule has 8 aromatic rings. The van der Waals surface area contributed by atoms with E-state index in [1.165, 1.54) is 42.5 Å². The molecule has 8 rings (SSSR count). The van der Waals surface area contributed by atoms with Gasteiger partial charge in [0.05, 0.1) is 11.1 Å². The molecule has 24 N–H and O–H groups in total. The van der Waals surface area contributed by atoms with Crippen LogP contribution in [0.3, 0.4) is 0 Å². The van der Waals surface area contributed by atoms with Crippen molar-refractivity contribution in [3.05, 3.63) is 142 Å². The van der Waals surface area contributed by atoms with E-state index in [4.69, 9.17) is 5.11 Å². The van der Waals surface area contributed by atoms with Crippen LogP contribution in [0.4, 0.5) is 0 Å². The number of benzene rings is 8. The van der Waals surface area contributed by atoms with Gasteiger partial charge in [0, 0.05) is 23.8 Å². The van der Waals surface area contributed by atoms with Crippen molar-refractivity contribution >= 4 is 23.1 Å². The van der Waals surface area contributed by atoms with E-state index in [1.807, 2.05) is 0 Å². The summed E-state index contributed by atoms with van der Waals surface area (Å²) in [5, 5.41) is 227. The molecule has 0 amide bonds. The molecule has 28 nitrogen and oxygen atoms in total. The molecule has 0 aliphatic rings. The minimum Gasteiger partial charge on any atom is -0.508 e. The fourth-order valence-corrected chi connectivity index (χ4v) is 6.79. The van der Waals surface area contributed by atoms with Crippen LogP contribution in [0, 0.1) is 0 Å². The lowest BCUT2D eigenvalue weighted by molar-refractivity contribution is 0.101. The fourth-order valence-electron chi connectivity index (χ4n) is 6.79. The van der Waals surface area contributed by atoms with Crippen LogP contribution >= 0.6 is 0 Å². The molecule has 0 radical (unpaired) electrons. The number of phenolic OH excluding ortho intramolecular Hbond substituents is 24. The van der Waals surface area contributed by atoms with Crippen LogP contribution in [0.1, 0.15) is 63.7 Å². The third-order valence-electron chi connectivity index (χ3n) is 10.9. The van der Waals surface area contributed by atoms with Crippen molar-refractivity contribution in [1.29, 1.82) is 0 Å². The highest BCUT2D eigenvalue weighted by atomic mass is 16.4. The van der Waals surface area contributed by atoms with Gasteiger partial charge in [-0.1, -0.05) is 18.2 Å². The molecule has 0 heterocycles. The summed E-state index contributed by atoms with van der Waals surface area (Å²) in [5.41, 5.74) is -4.60. The molecule has 80 heavy (non-hydrogen) atoms. The molecule has 0 saturated heterocycles. The molecule has 416 valence electrons. The number of hydrogen-bond acceptors (Lipinski definition) is 28. The largest absolute Gasteiger partial charge is 0.508 e. The van der Waals surface area contributed by atoms with Gasteiger partial charge in [0.25, 0.3) is 0 Å². The van der Waals surface area contributed by atoms with Gasteiger partial charge in [-0.15, -0.1) is 0 Å². The Morgan fingerprint density at radius 2 is 0.475 bits per heavy atom. The Bertz CT molecular complexity index is 3540. The van der Waals surface area contributed by atoms with E-state index in [1.54, 1.807) is 0 Å². The van der Waals surface area contributed by atoms with Gasteiger partial charge in [-0.2, -0.15) is 0 Å². The molecule has 0 unspecified atom stereocenters. The van der Waals surface area contributed by atoms with Crippen LogP contribution in [0.5, 0.6) is 138 Å². The van der Waals surface area contributed by atoms with Crippen LogP contribution in [0.25, 0.3) is 0 Å². The van der Waals surface area contributed by atoms with Crippen molar-refractivity contribution in [2.45, 2.75) is 0 Å². The van der Waals surface area contributed by atoms with Gasteiger partial charge in [0.2, 0.25) is 40.4 Å². The summed E-state index contributed by atoms with van der Waals surface area (Å²) in [4.78, 5) is 48.6. The molecule has 0 saturated carbocycles. The number of phenols is 24. The van der Waals surface area contributed by atoms with E-state index in [0.29, 0.717) is 18.2 Å². The predicted octanol–water partition coefficient (Wildman–Crippen LogP) is 4.60. The van der Waals surface area contributed by atoms with E-state index in [9.17, 15) is 137 Å². The maximum atomic E-state index is 12.2. The molecule has 0 spiro atoms. The number of ketones is 4. The van der Waals surface area contributed by atoms with Crippen LogP contribution in [-0.2, 0) is 0 Å². The summed E-state index contributed by atoms with van der Waals surface area (Å²) in [6, 6.07) is 17.4. The van der Waals surface area contributed by atoms with Gasteiger partial charge < -0.3 is 123 Å². The quantitative estimate of drug-likeness (QED) is 0.0561. The minimum atomic E-state index is -1.16. The SMILES string of the molecule is O=C(c1c(O)cccc1O)c1c(O)c(O)cc(O)c1O.O=C(c1ccc(O)cc1)c1c(O)c(O)c(O)c(O)c1O.O=C(c1cccc(O)c1O)c1c(O)c(O)cc(O)c1O.O=C(c1cccc(O)c1O)c1c(O)c(O)cc(O)c1O. The van der Waals surface area contributed by atoms with Crippen molar-refractivity contribution < 1.29 is 142 Å². The zero-order chi connectivity index (χ0) is 60.1. The number of rotatable bonds is 8. The Morgan fingerprint density at radius 3 is 0.800 bits per heavy atom. The van der Waals surface area contributed by atoms with Crippen LogP contribution in [0.15, 0.2) is 97.1 Å². The molecular weight excluding hydrogens is 1070 g/mol. The second kappa shape index (κ2) is 23.0. The maximum Gasteiger partial charge on any atom is 0.208 e. The van der Waals surface area contributed by atoms with Crippen molar-refractivity contribution in [3.8, 4) is 138 Å². The van der Waals surface area contributed by atoms with Crippen LogP contribution in [0.2, 0.25) is 0 Å². The topological polar surface area (TPSA) is 554 Å². The molecule has 0 aromatic heterocycles. The average molecular weight is 1110 g/mol. The third kappa shape index (κ3) is 11.3. The zero-order valence-electron chi connectivity index (χ0n) is 39.6. The van der Waals surface area contributed by atoms with Crippen molar-refractivity contribution in [1.82, 2.24) is 0 Å². The molecule has 28 heteroatoms. The number of hydrogen-bond donors (Lipinski definition) is 24. The summed E-state index contributed by atoms with van der Waals surface area (Å²) in [5.74, 6) is -24.3. The van der Waals surface area contributed by atoms with E-state index in [2.05, 4.69) is 0 Å². The van der Waals surface area contributed by atoms with Gasteiger partial charge in [0.15, 0.2) is 103 Å². The van der Waals surface area contributed by atoms with E-state index >= 15 is 0 Å². The summed E-state index contributed by atoms with van der Waals surface area (Å²) < 4.78 is 0. The standard InChI is InChI=1S/4C13H10O7/c14-6-3-1-5(2-4-6)8(15)7-9(16)11(18)13(20)12(19)10(7)17;2*14-6-3-1-2-5(10(6)17)11(18)9-12(19)7(15)4-8(16)13(9)20;14-5-2-1-3-6(15)9(5)13(20)10-11(18)7(16)4-8(17)12(10)19/h1-4,14,16-20H;2*1-4,14-17,19-20H;1-4,14-19H. The van der Waals surface area contributed by atoms with E-state index in [0.717, 1.165) is 36.4 Å². The van der Waals surface area contributed by atoms with Gasteiger partial charge in [-0.3, -0.25) is 19.2 Å². The molecule has 0 fully saturated rings. The van der Waals surface area contributed by atoms with Crippen LogP contribution in [-0.4, -0.2) is 146 Å². The Labute approximate surface area is 443 Å². The smallest absolute Gasteiger partial charge is 0.208 e. The molecular formula is C52H40O28. The van der Waals surface area contributed by atoms with Gasteiger partial charge >= 0.3 is 0 Å². The van der Waals surface area contributed by atoms with Gasteiger partial charge in [0.1, 0.15) is 45.1 Å². The summed E-state index contributed by atoms with van der Waals surface area (Å²) in [6.07, 6.45) is 0. The van der Waals surface area contributed by atoms with E-state index in [-0.39, 0.29) is 11.3 Å². The number of para-hydroxylation sites is 2. The lowest BCUT2D eigenvalue weighted by atomic mass is 9.99. The average Bonchev–Trinajstić information content (AvgIpc) is 3.42. The second-order valence-corrected chi connectivity index (χ2v) is 16.0. The summed E-state index contributed by atoms with van der Waals surface area (Å²) >= 11 is 0. The monoisotopic (exact) mass is 1110 g/mol. The maximum absolute atomic E-state index is 12.2. The first kappa shape index (κ1) is 58.5. The molecule has 0 aliphatic heterocycles. The summed E-state index contributed by atoms with van der Waals surface area (Å²) in [6.45, 7) is 0. The number of carbonyl (C=O) groups excluding carboxylic acids is 4. The Hall–Kier alpha value is -12.4. The molecule has 0 atom stereocenters. The Kier molecular flexibility index (Phi) is 16.9.